The van der Waals surface area contributed by atoms with Gasteiger partial charge in [0.25, 0.3) is 0 Å². The second kappa shape index (κ2) is 8.55. The number of carbonyl (C=O) groups excluding carboxylic acids is 2. The first-order chi connectivity index (χ1) is 9.15. The van der Waals surface area contributed by atoms with Crippen molar-refractivity contribution in [2.24, 2.45) is 0 Å². The monoisotopic (exact) mass is 300 g/mol. The first-order valence-electron chi connectivity index (χ1n) is 5.76. The number of hydrogen-bond acceptors (Lipinski definition) is 4. The summed E-state index contributed by atoms with van der Waals surface area (Å²) in [6.07, 6.45) is -4.32. The lowest BCUT2D eigenvalue weighted by Gasteiger charge is -2.14. The molecule has 0 heterocycles. The van der Waals surface area contributed by atoms with E-state index in [1.54, 1.807) is 6.92 Å². The Balaban J connectivity index is 3.83. The van der Waals surface area contributed by atoms with E-state index in [2.05, 4.69) is 11.3 Å². The van der Waals surface area contributed by atoms with Gasteiger partial charge in [0.2, 0.25) is 0 Å². The smallest absolute Gasteiger partial charge is 0.340 e. The fraction of sp³-hybridized carbons (Fsp3) is 0.667. The molecule has 116 valence electrons. The molecule has 0 atom stereocenters. The highest BCUT2D eigenvalue weighted by atomic mass is 19.3. The zero-order valence-corrected chi connectivity index (χ0v) is 11.0. The third kappa shape index (κ3) is 8.49. The zero-order valence-electron chi connectivity index (χ0n) is 11.0. The van der Waals surface area contributed by atoms with Gasteiger partial charge >= 0.3 is 24.3 Å². The van der Waals surface area contributed by atoms with Crippen molar-refractivity contribution in [2.75, 3.05) is 13.2 Å². The number of esters is 2. The largest absolute Gasteiger partial charge is 0.465 e. The molecule has 0 saturated carbocycles. The normalized spacial score (nSPS) is 11.3. The Labute approximate surface area is 113 Å². The number of rotatable bonds is 9. The van der Waals surface area contributed by atoms with Crippen molar-refractivity contribution < 1.29 is 36.6 Å². The summed E-state index contributed by atoms with van der Waals surface area (Å²) >= 11 is 0. The Bertz CT molecular complexity index is 355. The molecule has 0 radical (unpaired) electrons. The van der Waals surface area contributed by atoms with E-state index in [1.165, 1.54) is 0 Å². The van der Waals surface area contributed by atoms with Gasteiger partial charge in [0.1, 0.15) is 0 Å². The highest BCUT2D eigenvalue weighted by Gasteiger charge is 2.42. The highest BCUT2D eigenvalue weighted by Crippen LogP contribution is 2.23. The zero-order chi connectivity index (χ0) is 15.8. The van der Waals surface area contributed by atoms with Crippen LogP contribution in [0.4, 0.5) is 17.6 Å². The van der Waals surface area contributed by atoms with Gasteiger partial charge in [-0.2, -0.15) is 8.78 Å². The Hall–Kier alpha value is -1.60. The van der Waals surface area contributed by atoms with Gasteiger partial charge in [-0.15, -0.1) is 6.58 Å². The van der Waals surface area contributed by atoms with Crippen LogP contribution in [-0.2, 0) is 19.1 Å². The second-order valence-corrected chi connectivity index (χ2v) is 4.15. The summed E-state index contributed by atoms with van der Waals surface area (Å²) in [7, 11) is 0. The summed E-state index contributed by atoms with van der Waals surface area (Å²) in [4.78, 5) is 22.1. The van der Waals surface area contributed by atoms with Crippen LogP contribution in [0.25, 0.3) is 0 Å². The first-order valence-corrected chi connectivity index (χ1v) is 5.76. The molecule has 0 amide bonds. The number of alkyl halides is 4. The molecule has 20 heavy (non-hydrogen) atoms. The van der Waals surface area contributed by atoms with E-state index < -0.39 is 37.3 Å². The predicted molar refractivity (Wildman–Crippen MR) is 61.5 cm³/mol. The van der Waals surface area contributed by atoms with Gasteiger partial charge < -0.3 is 9.47 Å². The van der Waals surface area contributed by atoms with Gasteiger partial charge in [-0.05, 0) is 6.92 Å². The SMILES string of the molecule is C=C(C)CCOC(=O)CCC(=O)OCC(F)(F)C(F)F. The van der Waals surface area contributed by atoms with Crippen LogP contribution in [-0.4, -0.2) is 37.5 Å². The molecule has 0 bridgehead atoms. The summed E-state index contributed by atoms with van der Waals surface area (Å²) in [5.41, 5.74) is 0.812. The van der Waals surface area contributed by atoms with Crippen LogP contribution >= 0.6 is 0 Å². The lowest BCUT2D eigenvalue weighted by Crippen LogP contribution is -2.33. The Morgan fingerprint density at radius 2 is 1.60 bits per heavy atom. The van der Waals surface area contributed by atoms with Gasteiger partial charge in [0, 0.05) is 6.42 Å². The lowest BCUT2D eigenvalue weighted by atomic mass is 10.2. The Morgan fingerprint density at radius 3 is 2.05 bits per heavy atom. The van der Waals surface area contributed by atoms with Gasteiger partial charge in [-0.25, -0.2) is 8.78 Å². The number of hydrogen-bond donors (Lipinski definition) is 0. The summed E-state index contributed by atoms with van der Waals surface area (Å²) < 4.78 is 57.0. The number of ether oxygens (including phenoxy) is 2. The molecule has 0 saturated heterocycles. The quantitative estimate of drug-likeness (QED) is 0.373. The molecule has 0 aromatic carbocycles. The molecular weight excluding hydrogens is 284 g/mol. The van der Waals surface area contributed by atoms with E-state index in [-0.39, 0.29) is 13.0 Å². The van der Waals surface area contributed by atoms with Gasteiger partial charge in [-0.1, -0.05) is 5.57 Å². The van der Waals surface area contributed by atoms with E-state index in [9.17, 15) is 27.2 Å². The van der Waals surface area contributed by atoms with Crippen LogP contribution < -0.4 is 0 Å². The lowest BCUT2D eigenvalue weighted by molar-refractivity contribution is -0.180. The maximum atomic E-state index is 12.4. The minimum atomic E-state index is -4.39. The molecule has 0 unspecified atom stereocenters. The Morgan fingerprint density at radius 1 is 1.10 bits per heavy atom. The van der Waals surface area contributed by atoms with Crippen LogP contribution in [0, 0.1) is 0 Å². The van der Waals surface area contributed by atoms with E-state index in [0.29, 0.717) is 6.42 Å². The molecule has 0 aliphatic carbocycles. The third-order valence-corrected chi connectivity index (χ3v) is 2.07. The minimum Gasteiger partial charge on any atom is -0.465 e. The van der Waals surface area contributed by atoms with Crippen LogP contribution in [0.15, 0.2) is 12.2 Å². The molecular formula is C12H16F4O4. The molecule has 0 aliphatic rings. The molecule has 0 rings (SSSR count). The molecule has 0 aromatic heterocycles. The first kappa shape index (κ1) is 18.4. The highest BCUT2D eigenvalue weighted by molar-refractivity contribution is 5.77. The topological polar surface area (TPSA) is 52.6 Å². The van der Waals surface area contributed by atoms with E-state index in [1.807, 2.05) is 0 Å². The molecule has 4 nitrogen and oxygen atoms in total. The molecule has 0 spiro atoms. The van der Waals surface area contributed by atoms with Crippen molar-refractivity contribution in [3.05, 3.63) is 12.2 Å². The third-order valence-electron chi connectivity index (χ3n) is 2.07. The molecule has 0 aromatic rings. The van der Waals surface area contributed by atoms with Crippen molar-refractivity contribution in [1.29, 1.82) is 0 Å². The van der Waals surface area contributed by atoms with Gasteiger partial charge in [0.05, 0.1) is 19.4 Å². The number of carbonyl (C=O) groups is 2. The van der Waals surface area contributed by atoms with Crippen LogP contribution in [0.3, 0.4) is 0 Å². The van der Waals surface area contributed by atoms with Crippen molar-refractivity contribution >= 4 is 11.9 Å². The van der Waals surface area contributed by atoms with E-state index >= 15 is 0 Å². The second-order valence-electron chi connectivity index (χ2n) is 4.15. The fourth-order valence-corrected chi connectivity index (χ4v) is 0.927. The molecule has 0 aliphatic heterocycles. The maximum Gasteiger partial charge on any atom is 0.340 e. The Kier molecular flexibility index (Phi) is 7.86. The number of halogens is 4. The minimum absolute atomic E-state index is 0.104. The standard InChI is InChI=1S/C12H16F4O4/c1-8(2)5-6-19-9(17)3-4-10(18)20-7-12(15,16)11(13)14/h11H,1,3-7H2,2H3. The molecule has 0 N–H and O–H groups in total. The predicted octanol–water partition coefficient (Wildman–Crippen LogP) is 2.72. The summed E-state index contributed by atoms with van der Waals surface area (Å²) in [5, 5.41) is 0. The van der Waals surface area contributed by atoms with E-state index in [4.69, 9.17) is 4.74 Å². The van der Waals surface area contributed by atoms with Crippen LogP contribution in [0.1, 0.15) is 26.2 Å². The maximum absolute atomic E-state index is 12.4. The van der Waals surface area contributed by atoms with Crippen LogP contribution in [0.2, 0.25) is 0 Å². The average Bonchev–Trinajstić information content (AvgIpc) is 2.33. The van der Waals surface area contributed by atoms with Crippen molar-refractivity contribution in [3.8, 4) is 0 Å². The average molecular weight is 300 g/mol. The van der Waals surface area contributed by atoms with Crippen molar-refractivity contribution in [1.82, 2.24) is 0 Å². The van der Waals surface area contributed by atoms with E-state index in [0.717, 1.165) is 5.57 Å². The summed E-state index contributed by atoms with van der Waals surface area (Å²) in [6.45, 7) is 3.72. The summed E-state index contributed by atoms with van der Waals surface area (Å²) in [5.74, 6) is -6.26. The fourth-order valence-electron chi connectivity index (χ4n) is 0.927. The van der Waals surface area contributed by atoms with Crippen molar-refractivity contribution in [3.63, 3.8) is 0 Å². The van der Waals surface area contributed by atoms with Crippen molar-refractivity contribution in [2.45, 2.75) is 38.5 Å². The summed E-state index contributed by atoms with van der Waals surface area (Å²) in [6, 6.07) is 0. The van der Waals surface area contributed by atoms with Gasteiger partial charge in [0.15, 0.2) is 6.61 Å². The molecule has 8 heteroatoms. The van der Waals surface area contributed by atoms with Gasteiger partial charge in [-0.3, -0.25) is 9.59 Å². The van der Waals surface area contributed by atoms with Crippen LogP contribution in [0.5, 0.6) is 0 Å². The molecule has 0 fully saturated rings.